The van der Waals surface area contributed by atoms with Crippen LogP contribution in [-0.2, 0) is 14.9 Å². The molecule has 0 aromatic heterocycles. The Balaban J connectivity index is 1.65. The minimum absolute atomic E-state index is 0.131. The lowest BCUT2D eigenvalue weighted by molar-refractivity contribution is -0.0486. The largest absolute Gasteiger partial charge is 0.381 e. The molecule has 1 unspecified atom stereocenters. The lowest BCUT2D eigenvalue weighted by atomic mass is 9.60. The summed E-state index contributed by atoms with van der Waals surface area (Å²) in [4.78, 5) is 0. The zero-order valence-corrected chi connectivity index (χ0v) is 11.5. The molecule has 1 saturated carbocycles. The zero-order chi connectivity index (χ0) is 12.6. The molecule has 104 valence electrons. The molecule has 2 aliphatic heterocycles. The molecule has 0 amide bonds. The Kier molecular flexibility index (Phi) is 3.38. The van der Waals surface area contributed by atoms with Crippen molar-refractivity contribution in [2.24, 2.45) is 5.41 Å². The number of hydrogen-bond acceptors (Lipinski definition) is 3. The highest BCUT2D eigenvalue weighted by atomic mass is 32.2. The Bertz CT molecular complexity index is 398. The van der Waals surface area contributed by atoms with Crippen molar-refractivity contribution in [3.63, 3.8) is 0 Å². The van der Waals surface area contributed by atoms with Crippen molar-refractivity contribution in [3.8, 4) is 0 Å². The molecule has 6 heteroatoms. The van der Waals surface area contributed by atoms with Gasteiger partial charge in [-0.1, -0.05) is 0 Å². The normalized spacial score (nSPS) is 32.6. The maximum Gasteiger partial charge on any atom is 0.279 e. The standard InChI is InChI=1S/C12H22N2O3S/c15-18(16,14-7-1-2-8-14)13-11-3-4-12(11)5-9-17-10-6-12/h11,13H,1-10H2. The molecule has 2 saturated heterocycles. The SMILES string of the molecule is O=S(=O)(NC1CCC12CCOCC2)N1CCCC1. The van der Waals surface area contributed by atoms with Crippen LogP contribution in [0, 0.1) is 5.41 Å². The number of ether oxygens (including phenoxy) is 1. The van der Waals surface area contributed by atoms with Gasteiger partial charge in [0.1, 0.15) is 0 Å². The summed E-state index contributed by atoms with van der Waals surface area (Å²) < 4.78 is 34.4. The van der Waals surface area contributed by atoms with Gasteiger partial charge >= 0.3 is 0 Å². The van der Waals surface area contributed by atoms with Crippen LogP contribution < -0.4 is 4.72 Å². The van der Waals surface area contributed by atoms with Crippen molar-refractivity contribution in [3.05, 3.63) is 0 Å². The van der Waals surface area contributed by atoms with E-state index in [0.29, 0.717) is 13.1 Å². The van der Waals surface area contributed by atoms with Gasteiger partial charge in [-0.2, -0.15) is 17.4 Å². The van der Waals surface area contributed by atoms with Gasteiger partial charge in [0.2, 0.25) is 0 Å². The topological polar surface area (TPSA) is 58.6 Å². The molecule has 1 atom stereocenters. The third-order valence-corrected chi connectivity index (χ3v) is 6.48. The molecular formula is C12H22N2O3S. The van der Waals surface area contributed by atoms with Crippen molar-refractivity contribution in [1.29, 1.82) is 0 Å². The molecule has 2 heterocycles. The van der Waals surface area contributed by atoms with Crippen LogP contribution in [-0.4, -0.2) is 45.1 Å². The molecule has 0 bridgehead atoms. The predicted molar refractivity (Wildman–Crippen MR) is 68.4 cm³/mol. The molecule has 0 radical (unpaired) electrons. The quantitative estimate of drug-likeness (QED) is 0.831. The summed E-state index contributed by atoms with van der Waals surface area (Å²) in [6, 6.07) is 0.131. The highest BCUT2D eigenvalue weighted by molar-refractivity contribution is 7.87. The van der Waals surface area contributed by atoms with Crippen LogP contribution in [0.5, 0.6) is 0 Å². The molecule has 18 heavy (non-hydrogen) atoms. The van der Waals surface area contributed by atoms with E-state index in [1.54, 1.807) is 4.31 Å². The van der Waals surface area contributed by atoms with Crippen molar-refractivity contribution in [2.75, 3.05) is 26.3 Å². The molecular weight excluding hydrogens is 252 g/mol. The first kappa shape index (κ1) is 12.8. The lowest BCUT2D eigenvalue weighted by Crippen LogP contribution is -2.59. The molecule has 3 aliphatic rings. The van der Waals surface area contributed by atoms with Gasteiger partial charge in [-0.15, -0.1) is 0 Å². The molecule has 0 aromatic rings. The fourth-order valence-corrected chi connectivity index (χ4v) is 5.06. The van der Waals surface area contributed by atoms with Crippen LogP contribution in [0.15, 0.2) is 0 Å². The fourth-order valence-electron chi connectivity index (χ4n) is 3.44. The molecule has 0 aromatic carbocycles. The molecule has 1 N–H and O–H groups in total. The summed E-state index contributed by atoms with van der Waals surface area (Å²) in [6.45, 7) is 2.92. The van der Waals surface area contributed by atoms with E-state index in [9.17, 15) is 8.42 Å². The highest BCUT2D eigenvalue weighted by Gasteiger charge is 2.49. The first-order valence-corrected chi connectivity index (χ1v) is 8.42. The van der Waals surface area contributed by atoms with Crippen molar-refractivity contribution in [2.45, 2.75) is 44.6 Å². The summed E-state index contributed by atoms with van der Waals surface area (Å²) in [5, 5.41) is 0. The van der Waals surface area contributed by atoms with Gasteiger partial charge in [0.15, 0.2) is 0 Å². The van der Waals surface area contributed by atoms with Gasteiger partial charge in [-0.25, -0.2) is 0 Å². The van der Waals surface area contributed by atoms with Crippen LogP contribution in [0.2, 0.25) is 0 Å². The van der Waals surface area contributed by atoms with Crippen LogP contribution in [0.3, 0.4) is 0 Å². The van der Waals surface area contributed by atoms with Crippen molar-refractivity contribution in [1.82, 2.24) is 9.03 Å². The summed E-state index contributed by atoms with van der Waals surface area (Å²) in [7, 11) is -3.25. The minimum Gasteiger partial charge on any atom is -0.381 e. The molecule has 1 aliphatic carbocycles. The highest BCUT2D eigenvalue weighted by Crippen LogP contribution is 2.49. The fraction of sp³-hybridized carbons (Fsp3) is 1.00. The van der Waals surface area contributed by atoms with Gasteiger partial charge in [0.05, 0.1) is 0 Å². The second-order valence-corrected chi connectivity index (χ2v) is 7.50. The Labute approximate surface area is 109 Å². The van der Waals surface area contributed by atoms with Crippen molar-refractivity contribution < 1.29 is 13.2 Å². The maximum absolute atomic E-state index is 12.2. The molecule has 5 nitrogen and oxygen atoms in total. The summed E-state index contributed by atoms with van der Waals surface area (Å²) in [5.74, 6) is 0. The number of nitrogens with zero attached hydrogens (tertiary/aromatic N) is 1. The number of hydrogen-bond donors (Lipinski definition) is 1. The summed E-state index contributed by atoms with van der Waals surface area (Å²) in [5.41, 5.74) is 0.186. The van der Waals surface area contributed by atoms with Crippen molar-refractivity contribution >= 4 is 10.2 Å². The van der Waals surface area contributed by atoms with E-state index in [4.69, 9.17) is 4.74 Å². The van der Waals surface area contributed by atoms with Crippen LogP contribution in [0.4, 0.5) is 0 Å². The van der Waals surface area contributed by atoms with E-state index < -0.39 is 10.2 Å². The van der Waals surface area contributed by atoms with E-state index in [1.165, 1.54) is 0 Å². The third-order valence-electron chi connectivity index (χ3n) is 4.85. The average Bonchev–Trinajstić information content (AvgIpc) is 2.91. The number of nitrogens with one attached hydrogen (secondary N) is 1. The van der Waals surface area contributed by atoms with Gasteiger partial charge in [0, 0.05) is 32.3 Å². The molecule has 1 spiro atoms. The Morgan fingerprint density at radius 2 is 1.78 bits per heavy atom. The first-order valence-electron chi connectivity index (χ1n) is 6.98. The predicted octanol–water partition coefficient (Wildman–Crippen LogP) is 0.876. The van der Waals surface area contributed by atoms with E-state index in [-0.39, 0.29) is 11.5 Å². The van der Waals surface area contributed by atoms with Crippen LogP contribution >= 0.6 is 0 Å². The Hall–Kier alpha value is -0.170. The Morgan fingerprint density at radius 3 is 2.33 bits per heavy atom. The monoisotopic (exact) mass is 274 g/mol. The molecule has 3 fully saturated rings. The van der Waals surface area contributed by atoms with E-state index in [0.717, 1.165) is 51.7 Å². The smallest absolute Gasteiger partial charge is 0.279 e. The zero-order valence-electron chi connectivity index (χ0n) is 10.7. The van der Waals surface area contributed by atoms with E-state index in [1.807, 2.05) is 0 Å². The van der Waals surface area contributed by atoms with E-state index >= 15 is 0 Å². The van der Waals surface area contributed by atoms with Gasteiger partial charge < -0.3 is 4.74 Å². The van der Waals surface area contributed by atoms with Crippen LogP contribution in [0.1, 0.15) is 38.5 Å². The Morgan fingerprint density at radius 1 is 1.11 bits per heavy atom. The maximum atomic E-state index is 12.2. The van der Waals surface area contributed by atoms with E-state index in [2.05, 4.69) is 4.72 Å². The second kappa shape index (κ2) is 4.74. The van der Waals surface area contributed by atoms with Gasteiger partial charge in [-0.3, -0.25) is 0 Å². The molecule has 3 rings (SSSR count). The summed E-state index contributed by atoms with van der Waals surface area (Å²) in [6.07, 6.45) is 6.10. The van der Waals surface area contributed by atoms with Gasteiger partial charge in [-0.05, 0) is 43.9 Å². The third kappa shape index (κ3) is 2.19. The summed E-state index contributed by atoms with van der Waals surface area (Å²) >= 11 is 0. The van der Waals surface area contributed by atoms with Crippen LogP contribution in [0.25, 0.3) is 0 Å². The average molecular weight is 274 g/mol. The first-order chi connectivity index (χ1) is 8.62. The lowest BCUT2D eigenvalue weighted by Gasteiger charge is -2.52. The second-order valence-electron chi connectivity index (χ2n) is 5.80. The van der Waals surface area contributed by atoms with Gasteiger partial charge in [0.25, 0.3) is 10.2 Å². The minimum atomic E-state index is -3.25. The number of rotatable bonds is 3.